The van der Waals surface area contributed by atoms with Crippen LogP contribution < -0.4 is 5.32 Å². The highest BCUT2D eigenvalue weighted by Crippen LogP contribution is 2.50. The summed E-state index contributed by atoms with van der Waals surface area (Å²) in [5, 5.41) is 3.52. The molecule has 0 saturated heterocycles. The standard InChI is InChI=1S/C18H20BrN/c1-20-18(11-14-9-5-6-10-17(14)19)16-12-15(16)13-7-3-2-4-8-13/h2-10,15-16,18,20H,11-12H2,1H3. The van der Waals surface area contributed by atoms with E-state index in [1.807, 2.05) is 0 Å². The topological polar surface area (TPSA) is 12.0 Å². The average Bonchev–Trinajstić information content (AvgIpc) is 3.28. The lowest BCUT2D eigenvalue weighted by Crippen LogP contribution is -2.30. The number of likely N-dealkylation sites (N-methyl/N-ethyl adjacent to an activating group) is 1. The van der Waals surface area contributed by atoms with Gasteiger partial charge in [-0.15, -0.1) is 0 Å². The van der Waals surface area contributed by atoms with Crippen molar-refractivity contribution in [3.8, 4) is 0 Å². The van der Waals surface area contributed by atoms with Gasteiger partial charge in [0.15, 0.2) is 0 Å². The van der Waals surface area contributed by atoms with Gasteiger partial charge in [-0.3, -0.25) is 0 Å². The Balaban J connectivity index is 1.69. The molecule has 0 aliphatic heterocycles. The maximum atomic E-state index is 3.66. The van der Waals surface area contributed by atoms with E-state index in [4.69, 9.17) is 0 Å². The molecule has 1 nitrogen and oxygen atoms in total. The molecule has 1 aliphatic rings. The summed E-state index contributed by atoms with van der Waals surface area (Å²) in [7, 11) is 2.09. The molecule has 0 amide bonds. The molecule has 104 valence electrons. The van der Waals surface area contributed by atoms with E-state index in [-0.39, 0.29) is 0 Å². The quantitative estimate of drug-likeness (QED) is 0.858. The van der Waals surface area contributed by atoms with Gasteiger partial charge in [0, 0.05) is 10.5 Å². The summed E-state index contributed by atoms with van der Waals surface area (Å²) in [6.45, 7) is 0. The third kappa shape index (κ3) is 2.97. The summed E-state index contributed by atoms with van der Waals surface area (Å²) >= 11 is 3.66. The average molecular weight is 330 g/mol. The molecule has 0 bridgehead atoms. The predicted octanol–water partition coefficient (Wildman–Crippen LogP) is 4.38. The van der Waals surface area contributed by atoms with Crippen molar-refractivity contribution in [1.82, 2.24) is 5.32 Å². The number of halogens is 1. The second-order valence-corrected chi connectivity index (χ2v) is 6.46. The number of hydrogen-bond donors (Lipinski definition) is 1. The van der Waals surface area contributed by atoms with Crippen LogP contribution in [-0.2, 0) is 6.42 Å². The lowest BCUT2D eigenvalue weighted by Gasteiger charge is -2.17. The largest absolute Gasteiger partial charge is 0.316 e. The molecular weight excluding hydrogens is 310 g/mol. The van der Waals surface area contributed by atoms with Gasteiger partial charge in [0.05, 0.1) is 0 Å². The fourth-order valence-corrected chi connectivity index (χ4v) is 3.56. The maximum Gasteiger partial charge on any atom is 0.0207 e. The molecule has 3 rings (SSSR count). The Kier molecular flexibility index (Phi) is 4.23. The van der Waals surface area contributed by atoms with Crippen LogP contribution in [0.4, 0.5) is 0 Å². The van der Waals surface area contributed by atoms with Crippen LogP contribution in [0, 0.1) is 5.92 Å². The van der Waals surface area contributed by atoms with Crippen LogP contribution in [0.3, 0.4) is 0 Å². The maximum absolute atomic E-state index is 3.66. The van der Waals surface area contributed by atoms with Gasteiger partial charge < -0.3 is 5.32 Å². The Morgan fingerprint density at radius 1 is 1.10 bits per heavy atom. The van der Waals surface area contributed by atoms with E-state index in [9.17, 15) is 0 Å². The van der Waals surface area contributed by atoms with E-state index in [1.165, 1.54) is 22.0 Å². The molecule has 2 aromatic carbocycles. The summed E-state index contributed by atoms with van der Waals surface area (Å²) < 4.78 is 1.22. The first-order valence-corrected chi connectivity index (χ1v) is 8.04. The summed E-state index contributed by atoms with van der Waals surface area (Å²) in [5.41, 5.74) is 2.88. The number of nitrogens with one attached hydrogen (secondary N) is 1. The Morgan fingerprint density at radius 3 is 2.50 bits per heavy atom. The van der Waals surface area contributed by atoms with Crippen LogP contribution in [-0.4, -0.2) is 13.1 Å². The minimum Gasteiger partial charge on any atom is -0.316 e. The van der Waals surface area contributed by atoms with Crippen molar-refractivity contribution in [2.45, 2.75) is 24.8 Å². The molecule has 0 radical (unpaired) electrons. The fourth-order valence-electron chi connectivity index (χ4n) is 3.11. The molecular formula is C18H20BrN. The highest BCUT2D eigenvalue weighted by molar-refractivity contribution is 9.10. The molecule has 0 aromatic heterocycles. The zero-order valence-corrected chi connectivity index (χ0v) is 13.3. The van der Waals surface area contributed by atoms with E-state index in [2.05, 4.69) is 82.9 Å². The van der Waals surface area contributed by atoms with Crippen LogP contribution >= 0.6 is 15.9 Å². The Bertz CT molecular complexity index is 567. The van der Waals surface area contributed by atoms with E-state index in [0.29, 0.717) is 6.04 Å². The second-order valence-electron chi connectivity index (χ2n) is 5.61. The SMILES string of the molecule is CNC(Cc1ccccc1Br)C1CC1c1ccccc1. The van der Waals surface area contributed by atoms with Crippen LogP contribution in [0.25, 0.3) is 0 Å². The predicted molar refractivity (Wildman–Crippen MR) is 88.0 cm³/mol. The van der Waals surface area contributed by atoms with E-state index in [0.717, 1.165) is 18.3 Å². The first-order chi connectivity index (χ1) is 9.79. The molecule has 0 spiro atoms. The zero-order chi connectivity index (χ0) is 13.9. The summed E-state index contributed by atoms with van der Waals surface area (Å²) in [5.74, 6) is 1.49. The Labute approximate surface area is 129 Å². The van der Waals surface area contributed by atoms with Crippen LogP contribution in [0.15, 0.2) is 59.1 Å². The number of hydrogen-bond acceptors (Lipinski definition) is 1. The van der Waals surface area contributed by atoms with Crippen molar-refractivity contribution in [3.63, 3.8) is 0 Å². The Hall–Kier alpha value is -1.12. The lowest BCUT2D eigenvalue weighted by molar-refractivity contribution is 0.490. The van der Waals surface area contributed by atoms with E-state index in [1.54, 1.807) is 0 Å². The first kappa shape index (κ1) is 13.8. The first-order valence-electron chi connectivity index (χ1n) is 7.25. The normalized spacial score (nSPS) is 22.5. The smallest absolute Gasteiger partial charge is 0.0207 e. The van der Waals surface area contributed by atoms with Gasteiger partial charge in [0.2, 0.25) is 0 Å². The van der Waals surface area contributed by atoms with Gasteiger partial charge in [0.25, 0.3) is 0 Å². The highest BCUT2D eigenvalue weighted by Gasteiger charge is 2.43. The molecule has 3 unspecified atom stereocenters. The minimum atomic E-state index is 0.555. The highest BCUT2D eigenvalue weighted by atomic mass is 79.9. The van der Waals surface area contributed by atoms with Crippen molar-refractivity contribution in [3.05, 3.63) is 70.2 Å². The molecule has 1 fully saturated rings. The van der Waals surface area contributed by atoms with Gasteiger partial charge in [-0.05, 0) is 48.9 Å². The second kappa shape index (κ2) is 6.11. The van der Waals surface area contributed by atoms with Crippen LogP contribution in [0.1, 0.15) is 23.5 Å². The van der Waals surface area contributed by atoms with Crippen molar-refractivity contribution in [2.24, 2.45) is 5.92 Å². The molecule has 1 saturated carbocycles. The van der Waals surface area contributed by atoms with Crippen LogP contribution in [0.2, 0.25) is 0 Å². The van der Waals surface area contributed by atoms with Gasteiger partial charge in [-0.2, -0.15) is 0 Å². The van der Waals surface area contributed by atoms with Crippen LogP contribution in [0.5, 0.6) is 0 Å². The van der Waals surface area contributed by atoms with Gasteiger partial charge in [-0.25, -0.2) is 0 Å². The monoisotopic (exact) mass is 329 g/mol. The molecule has 2 aromatic rings. The summed E-state index contributed by atoms with van der Waals surface area (Å²) in [6, 6.07) is 20.0. The van der Waals surface area contributed by atoms with Gasteiger partial charge in [-0.1, -0.05) is 64.5 Å². The third-order valence-corrected chi connectivity index (χ3v) is 5.13. The molecule has 0 heterocycles. The molecule has 3 atom stereocenters. The molecule has 20 heavy (non-hydrogen) atoms. The summed E-state index contributed by atoms with van der Waals surface area (Å²) in [6.07, 6.45) is 2.39. The van der Waals surface area contributed by atoms with Crippen molar-refractivity contribution < 1.29 is 0 Å². The zero-order valence-electron chi connectivity index (χ0n) is 11.7. The fraction of sp³-hybridized carbons (Fsp3) is 0.333. The molecule has 1 N–H and O–H groups in total. The van der Waals surface area contributed by atoms with Gasteiger partial charge >= 0.3 is 0 Å². The third-order valence-electron chi connectivity index (χ3n) is 4.35. The Morgan fingerprint density at radius 2 is 1.80 bits per heavy atom. The van der Waals surface area contributed by atoms with E-state index >= 15 is 0 Å². The lowest BCUT2D eigenvalue weighted by atomic mass is 9.99. The van der Waals surface area contributed by atoms with E-state index < -0.39 is 0 Å². The molecule has 2 heteroatoms. The number of rotatable bonds is 5. The summed E-state index contributed by atoms with van der Waals surface area (Å²) in [4.78, 5) is 0. The number of benzene rings is 2. The van der Waals surface area contributed by atoms with Crippen molar-refractivity contribution in [2.75, 3.05) is 7.05 Å². The van der Waals surface area contributed by atoms with Gasteiger partial charge in [0.1, 0.15) is 0 Å². The van der Waals surface area contributed by atoms with Crippen molar-refractivity contribution in [1.29, 1.82) is 0 Å². The minimum absolute atomic E-state index is 0.555. The molecule has 1 aliphatic carbocycles. The van der Waals surface area contributed by atoms with Crippen molar-refractivity contribution >= 4 is 15.9 Å².